The van der Waals surface area contributed by atoms with E-state index in [1.54, 1.807) is 12.1 Å². The molecular weight excluding hydrogens is 338 g/mol. The maximum atomic E-state index is 10.9. The Labute approximate surface area is 147 Å². The quantitative estimate of drug-likeness (QED) is 0.663. The lowest BCUT2D eigenvalue weighted by atomic mass is 10.2. The van der Waals surface area contributed by atoms with Gasteiger partial charge < -0.3 is 14.8 Å². The predicted molar refractivity (Wildman–Crippen MR) is 97.5 cm³/mol. The summed E-state index contributed by atoms with van der Waals surface area (Å²) in [5, 5.41) is 28.8. The van der Waals surface area contributed by atoms with Crippen LogP contribution in [-0.2, 0) is 0 Å². The fourth-order valence-electron chi connectivity index (χ4n) is 2.85. The minimum atomic E-state index is -0.984. The van der Waals surface area contributed by atoms with Crippen molar-refractivity contribution in [2.45, 2.75) is 6.04 Å². The summed E-state index contributed by atoms with van der Waals surface area (Å²) >= 11 is 1.85. The standard InChI is InChI=1S/C18H15N3O3S/c22-17-16(20-19-12-7-5-11(6-8-12)18(23)24)14-3-1-2-4-15(14)21(17)13-9-25-10-13/h1-8,13,22H,9-10H2,(H,23,24). The number of benzene rings is 2. The summed E-state index contributed by atoms with van der Waals surface area (Å²) in [7, 11) is 0. The van der Waals surface area contributed by atoms with Crippen molar-refractivity contribution in [3.8, 4) is 5.88 Å². The van der Waals surface area contributed by atoms with Crippen LogP contribution in [0.5, 0.6) is 5.88 Å². The van der Waals surface area contributed by atoms with Gasteiger partial charge in [0.1, 0.15) is 0 Å². The van der Waals surface area contributed by atoms with E-state index >= 15 is 0 Å². The van der Waals surface area contributed by atoms with E-state index in [2.05, 4.69) is 10.2 Å². The van der Waals surface area contributed by atoms with Crippen LogP contribution >= 0.6 is 11.8 Å². The van der Waals surface area contributed by atoms with Crippen LogP contribution in [0.15, 0.2) is 58.8 Å². The second-order valence-corrected chi connectivity index (χ2v) is 6.88. The molecule has 1 aliphatic heterocycles. The van der Waals surface area contributed by atoms with Crippen LogP contribution in [0, 0.1) is 0 Å². The fourth-order valence-corrected chi connectivity index (χ4v) is 3.60. The molecule has 1 saturated heterocycles. The van der Waals surface area contributed by atoms with E-state index in [0.29, 0.717) is 11.4 Å². The van der Waals surface area contributed by atoms with Crippen LogP contribution in [0.1, 0.15) is 16.4 Å². The Morgan fingerprint density at radius 1 is 1.08 bits per heavy atom. The molecule has 0 spiro atoms. The Kier molecular flexibility index (Phi) is 3.93. The third-order valence-electron chi connectivity index (χ3n) is 4.22. The third kappa shape index (κ3) is 2.76. The highest BCUT2D eigenvalue weighted by Crippen LogP contribution is 2.44. The second-order valence-electron chi connectivity index (χ2n) is 5.80. The lowest BCUT2D eigenvalue weighted by Crippen LogP contribution is -2.22. The van der Waals surface area contributed by atoms with Crippen molar-refractivity contribution in [2.24, 2.45) is 10.2 Å². The molecule has 6 nitrogen and oxygen atoms in total. The molecule has 1 aromatic heterocycles. The van der Waals surface area contributed by atoms with E-state index in [1.165, 1.54) is 12.1 Å². The van der Waals surface area contributed by atoms with Crippen LogP contribution in [0.4, 0.5) is 11.4 Å². The molecule has 0 unspecified atom stereocenters. The van der Waals surface area contributed by atoms with Gasteiger partial charge in [0.15, 0.2) is 5.69 Å². The molecule has 2 aromatic carbocycles. The Morgan fingerprint density at radius 3 is 2.44 bits per heavy atom. The normalized spacial score (nSPS) is 14.9. The average Bonchev–Trinajstić information content (AvgIpc) is 2.85. The van der Waals surface area contributed by atoms with Crippen LogP contribution in [0.3, 0.4) is 0 Å². The van der Waals surface area contributed by atoms with Crippen molar-refractivity contribution in [1.82, 2.24) is 4.57 Å². The summed E-state index contributed by atoms with van der Waals surface area (Å²) in [6, 6.07) is 14.1. The van der Waals surface area contributed by atoms with Gasteiger partial charge in [0.05, 0.1) is 22.8 Å². The first-order chi connectivity index (χ1) is 12.1. The van der Waals surface area contributed by atoms with E-state index in [9.17, 15) is 9.90 Å². The van der Waals surface area contributed by atoms with Gasteiger partial charge in [0.25, 0.3) is 0 Å². The highest BCUT2D eigenvalue weighted by molar-refractivity contribution is 8.00. The van der Waals surface area contributed by atoms with Crippen molar-refractivity contribution in [1.29, 1.82) is 0 Å². The monoisotopic (exact) mass is 353 g/mol. The summed E-state index contributed by atoms with van der Waals surface area (Å²) in [6.07, 6.45) is 0. The zero-order valence-corrected chi connectivity index (χ0v) is 14.0. The number of thioether (sulfide) groups is 1. The molecule has 2 N–H and O–H groups in total. The number of carboxylic acids is 1. The van der Waals surface area contributed by atoms with E-state index < -0.39 is 5.97 Å². The molecule has 0 aliphatic carbocycles. The van der Waals surface area contributed by atoms with Crippen molar-refractivity contribution in [2.75, 3.05) is 11.5 Å². The molecule has 25 heavy (non-hydrogen) atoms. The van der Waals surface area contributed by atoms with E-state index in [0.717, 1.165) is 22.4 Å². The van der Waals surface area contributed by atoms with Gasteiger partial charge in [0.2, 0.25) is 5.88 Å². The van der Waals surface area contributed by atoms with Gasteiger partial charge in [-0.05, 0) is 30.3 Å². The van der Waals surface area contributed by atoms with Gasteiger partial charge in [-0.1, -0.05) is 18.2 Å². The maximum absolute atomic E-state index is 10.9. The fraction of sp³-hybridized carbons (Fsp3) is 0.167. The molecule has 2 heterocycles. The Bertz CT molecular complexity index is 975. The largest absolute Gasteiger partial charge is 0.493 e. The zero-order chi connectivity index (χ0) is 17.4. The van der Waals surface area contributed by atoms with Crippen molar-refractivity contribution in [3.05, 3.63) is 54.1 Å². The highest BCUT2D eigenvalue weighted by atomic mass is 32.2. The first kappa shape index (κ1) is 15.7. The van der Waals surface area contributed by atoms with Crippen molar-refractivity contribution < 1.29 is 15.0 Å². The van der Waals surface area contributed by atoms with Gasteiger partial charge in [-0.25, -0.2) is 4.79 Å². The summed E-state index contributed by atoms with van der Waals surface area (Å²) in [5.74, 6) is 1.08. The first-order valence-corrected chi connectivity index (χ1v) is 8.95. The molecular formula is C18H15N3O3S. The lowest BCUT2D eigenvalue weighted by Gasteiger charge is -2.27. The average molecular weight is 353 g/mol. The van der Waals surface area contributed by atoms with Crippen LogP contribution in [0.2, 0.25) is 0 Å². The number of rotatable bonds is 4. The molecule has 0 amide bonds. The number of carbonyl (C=O) groups is 1. The smallest absolute Gasteiger partial charge is 0.335 e. The Morgan fingerprint density at radius 2 is 1.80 bits per heavy atom. The lowest BCUT2D eigenvalue weighted by molar-refractivity contribution is 0.0697. The summed E-state index contributed by atoms with van der Waals surface area (Å²) in [5.41, 5.74) is 2.11. The molecule has 3 aromatic rings. The number of aromatic nitrogens is 1. The Hall–Kier alpha value is -2.80. The number of aromatic carboxylic acids is 1. The molecule has 1 aliphatic rings. The van der Waals surface area contributed by atoms with Gasteiger partial charge in [-0.2, -0.15) is 16.9 Å². The minimum Gasteiger partial charge on any atom is -0.493 e. The van der Waals surface area contributed by atoms with Crippen molar-refractivity contribution in [3.63, 3.8) is 0 Å². The minimum absolute atomic E-state index is 0.123. The van der Waals surface area contributed by atoms with Crippen LogP contribution in [0.25, 0.3) is 10.9 Å². The molecule has 0 saturated carbocycles. The summed E-state index contributed by atoms with van der Waals surface area (Å²) in [6.45, 7) is 0. The van der Waals surface area contributed by atoms with Crippen LogP contribution in [-0.4, -0.2) is 32.3 Å². The molecule has 126 valence electrons. The number of hydrogen-bond donors (Lipinski definition) is 2. The highest BCUT2D eigenvalue weighted by Gasteiger charge is 2.27. The van der Waals surface area contributed by atoms with Gasteiger partial charge in [-0.15, -0.1) is 5.11 Å². The number of carboxylic acid groups (broad SMARTS) is 1. The molecule has 7 heteroatoms. The maximum Gasteiger partial charge on any atom is 0.335 e. The zero-order valence-electron chi connectivity index (χ0n) is 13.2. The molecule has 4 rings (SSSR count). The number of azo groups is 1. The molecule has 0 bridgehead atoms. The van der Waals surface area contributed by atoms with Gasteiger partial charge in [-0.3, -0.25) is 0 Å². The third-order valence-corrected chi connectivity index (χ3v) is 5.46. The van der Waals surface area contributed by atoms with Gasteiger partial charge >= 0.3 is 5.97 Å². The number of para-hydroxylation sites is 1. The number of aromatic hydroxyl groups is 1. The van der Waals surface area contributed by atoms with Crippen LogP contribution < -0.4 is 0 Å². The Balaban J connectivity index is 1.73. The topological polar surface area (TPSA) is 87.2 Å². The van der Waals surface area contributed by atoms with E-state index in [1.807, 2.05) is 40.6 Å². The molecule has 1 fully saturated rings. The second kappa shape index (κ2) is 6.25. The number of hydrogen-bond acceptors (Lipinski definition) is 5. The van der Waals surface area contributed by atoms with E-state index in [-0.39, 0.29) is 17.5 Å². The van der Waals surface area contributed by atoms with E-state index in [4.69, 9.17) is 5.11 Å². The SMILES string of the molecule is O=C(O)c1ccc(N=Nc2c(O)n(C3CSC3)c3ccccc23)cc1. The first-order valence-electron chi connectivity index (χ1n) is 7.80. The summed E-state index contributed by atoms with van der Waals surface area (Å²) in [4.78, 5) is 10.9. The predicted octanol–water partition coefficient (Wildman–Crippen LogP) is 4.75. The summed E-state index contributed by atoms with van der Waals surface area (Å²) < 4.78 is 1.92. The van der Waals surface area contributed by atoms with Crippen molar-refractivity contribution >= 4 is 40.0 Å². The number of nitrogens with zero attached hydrogens (tertiary/aromatic N) is 3. The molecule has 0 atom stereocenters. The number of fused-ring (bicyclic) bond motifs is 1. The molecule has 0 radical (unpaired) electrons. The van der Waals surface area contributed by atoms with Gasteiger partial charge in [0, 0.05) is 16.9 Å².